The van der Waals surface area contributed by atoms with Gasteiger partial charge < -0.3 is 20.5 Å². The van der Waals surface area contributed by atoms with Crippen LogP contribution in [-0.4, -0.2) is 36.6 Å². The van der Waals surface area contributed by atoms with Crippen LogP contribution in [0.3, 0.4) is 0 Å². The molecule has 0 unspecified atom stereocenters. The van der Waals surface area contributed by atoms with Gasteiger partial charge in [-0.2, -0.15) is 0 Å². The molecule has 1 heterocycles. The van der Waals surface area contributed by atoms with E-state index in [9.17, 15) is 4.79 Å². The van der Waals surface area contributed by atoms with Crippen LogP contribution >= 0.6 is 11.6 Å². The Bertz CT molecular complexity index is 712. The quantitative estimate of drug-likeness (QED) is 0.524. The number of rotatable bonds is 7. The molecule has 0 bridgehead atoms. The Morgan fingerprint density at radius 3 is 2.60 bits per heavy atom. The van der Waals surface area contributed by atoms with Crippen molar-refractivity contribution in [1.82, 2.24) is 15.2 Å². The summed E-state index contributed by atoms with van der Waals surface area (Å²) in [7, 11) is 1.71. The Morgan fingerprint density at radius 1 is 1.16 bits per heavy atom. The lowest BCUT2D eigenvalue weighted by atomic mass is 10.2. The minimum atomic E-state index is -0.0688. The molecule has 0 aliphatic carbocycles. The van der Waals surface area contributed by atoms with Gasteiger partial charge in [0.1, 0.15) is 0 Å². The zero-order valence-corrected chi connectivity index (χ0v) is 15.3. The molecule has 7 heteroatoms. The number of nitrogens with zero attached hydrogens (tertiary/aromatic N) is 2. The Kier molecular flexibility index (Phi) is 7.35. The van der Waals surface area contributed by atoms with E-state index < -0.39 is 0 Å². The average molecular weight is 362 g/mol. The molecular weight excluding hydrogens is 338 g/mol. The maximum absolute atomic E-state index is 12.1. The highest BCUT2D eigenvalue weighted by Crippen LogP contribution is 2.22. The number of halogens is 1. The fourth-order valence-electron chi connectivity index (χ4n) is 2.29. The third-order valence-electron chi connectivity index (χ3n) is 3.74. The number of hydrogen-bond donors (Lipinski definition) is 3. The largest absolute Gasteiger partial charge is 0.356 e. The number of guanidine groups is 1. The first-order chi connectivity index (χ1) is 12.1. The van der Waals surface area contributed by atoms with E-state index in [-0.39, 0.29) is 5.91 Å². The molecule has 1 amide bonds. The molecule has 2 aromatic rings. The van der Waals surface area contributed by atoms with E-state index in [0.717, 1.165) is 24.3 Å². The molecule has 0 saturated heterocycles. The molecule has 0 saturated carbocycles. The first-order valence-corrected chi connectivity index (χ1v) is 8.58. The number of aromatic nitrogens is 1. The number of carbonyl (C=O) groups excluding carboxylic acids is 1. The molecule has 0 spiro atoms. The maximum Gasteiger partial charge on any atom is 0.226 e. The van der Waals surface area contributed by atoms with E-state index in [2.05, 4.69) is 25.5 Å². The second kappa shape index (κ2) is 9.74. The van der Waals surface area contributed by atoms with Crippen molar-refractivity contribution >= 4 is 29.2 Å². The van der Waals surface area contributed by atoms with Gasteiger partial charge in [0.15, 0.2) is 5.96 Å². The van der Waals surface area contributed by atoms with Crippen molar-refractivity contribution in [3.05, 3.63) is 53.3 Å². The van der Waals surface area contributed by atoms with Crippen LogP contribution in [-0.2, 0) is 11.3 Å². The van der Waals surface area contributed by atoms with Crippen LogP contribution in [0.1, 0.15) is 12.0 Å². The highest BCUT2D eigenvalue weighted by atomic mass is 35.5. The summed E-state index contributed by atoms with van der Waals surface area (Å²) in [5.74, 6) is 0.611. The van der Waals surface area contributed by atoms with Crippen molar-refractivity contribution in [2.24, 2.45) is 4.99 Å². The van der Waals surface area contributed by atoms with Crippen molar-refractivity contribution in [2.75, 3.05) is 25.5 Å². The summed E-state index contributed by atoms with van der Waals surface area (Å²) in [6, 6.07) is 9.45. The molecule has 25 heavy (non-hydrogen) atoms. The standard InChI is InChI=1S/C18H24ClN5O/c1-14-15(19)6-5-7-16(14)23-17(25)8-9-21-18(20-2)22-10-13-24-11-3-4-12-24/h3-7,11-12H,8-10,13H2,1-2H3,(H,23,25)(H2,20,21,22). The second-order valence-corrected chi connectivity index (χ2v) is 5.96. The number of hydrogen-bond acceptors (Lipinski definition) is 2. The van der Waals surface area contributed by atoms with Crippen molar-refractivity contribution in [2.45, 2.75) is 19.9 Å². The molecule has 0 radical (unpaired) electrons. The number of amides is 1. The van der Waals surface area contributed by atoms with Gasteiger partial charge in [-0.05, 0) is 36.8 Å². The van der Waals surface area contributed by atoms with Crippen LogP contribution in [0.5, 0.6) is 0 Å². The summed E-state index contributed by atoms with van der Waals surface area (Å²) in [4.78, 5) is 16.2. The lowest BCUT2D eigenvalue weighted by molar-refractivity contribution is -0.116. The predicted octanol–water partition coefficient (Wildman–Crippen LogP) is 2.64. The molecular formula is C18H24ClN5O. The SMILES string of the molecule is CN=C(NCCC(=O)Nc1cccc(Cl)c1C)NCCn1cccc1. The van der Waals surface area contributed by atoms with Gasteiger partial charge in [0, 0.05) is 56.2 Å². The predicted molar refractivity (Wildman–Crippen MR) is 103 cm³/mol. The molecule has 6 nitrogen and oxygen atoms in total. The third-order valence-corrected chi connectivity index (χ3v) is 4.15. The van der Waals surface area contributed by atoms with E-state index in [1.807, 2.05) is 43.6 Å². The highest BCUT2D eigenvalue weighted by Gasteiger charge is 2.07. The monoisotopic (exact) mass is 361 g/mol. The number of anilines is 1. The minimum absolute atomic E-state index is 0.0688. The van der Waals surface area contributed by atoms with Crippen molar-refractivity contribution < 1.29 is 4.79 Å². The zero-order valence-electron chi connectivity index (χ0n) is 14.6. The number of nitrogens with one attached hydrogen (secondary N) is 3. The van der Waals surface area contributed by atoms with Crippen LogP contribution in [0, 0.1) is 6.92 Å². The van der Waals surface area contributed by atoms with Crippen LogP contribution in [0.25, 0.3) is 0 Å². The molecule has 0 atom stereocenters. The fraction of sp³-hybridized carbons (Fsp3) is 0.333. The van der Waals surface area contributed by atoms with Crippen molar-refractivity contribution in [3.63, 3.8) is 0 Å². The lowest BCUT2D eigenvalue weighted by Gasteiger charge is -2.13. The lowest BCUT2D eigenvalue weighted by Crippen LogP contribution is -2.40. The summed E-state index contributed by atoms with van der Waals surface area (Å²) >= 11 is 6.06. The summed E-state index contributed by atoms with van der Waals surface area (Å²) in [5, 5.41) is 9.87. The molecule has 1 aromatic heterocycles. The minimum Gasteiger partial charge on any atom is -0.356 e. The van der Waals surface area contributed by atoms with Gasteiger partial charge in [-0.15, -0.1) is 0 Å². The summed E-state index contributed by atoms with van der Waals surface area (Å²) < 4.78 is 2.08. The highest BCUT2D eigenvalue weighted by molar-refractivity contribution is 6.31. The van der Waals surface area contributed by atoms with Crippen LogP contribution in [0.15, 0.2) is 47.7 Å². The molecule has 0 aliphatic rings. The Balaban J connectivity index is 1.69. The van der Waals surface area contributed by atoms with Crippen molar-refractivity contribution in [1.29, 1.82) is 0 Å². The first-order valence-electron chi connectivity index (χ1n) is 8.20. The Labute approximate surface area is 153 Å². The molecule has 2 rings (SSSR count). The van der Waals surface area contributed by atoms with Crippen LogP contribution in [0.2, 0.25) is 5.02 Å². The third kappa shape index (κ3) is 6.15. The first kappa shape index (κ1) is 18.9. The van der Waals surface area contributed by atoms with Gasteiger partial charge in [0.2, 0.25) is 5.91 Å². The molecule has 134 valence electrons. The molecule has 0 fully saturated rings. The van der Waals surface area contributed by atoms with Gasteiger partial charge in [-0.3, -0.25) is 9.79 Å². The smallest absolute Gasteiger partial charge is 0.226 e. The Hall–Kier alpha value is -2.47. The number of carbonyl (C=O) groups is 1. The van der Waals surface area contributed by atoms with Crippen LogP contribution < -0.4 is 16.0 Å². The number of aliphatic imine (C=N–C) groups is 1. The van der Waals surface area contributed by atoms with Gasteiger partial charge in [-0.1, -0.05) is 17.7 Å². The summed E-state index contributed by atoms with van der Waals surface area (Å²) in [6.07, 6.45) is 4.37. The van der Waals surface area contributed by atoms with E-state index in [1.165, 1.54) is 0 Å². The van der Waals surface area contributed by atoms with Gasteiger partial charge in [-0.25, -0.2) is 0 Å². The van der Waals surface area contributed by atoms with Gasteiger partial charge in [0.05, 0.1) is 0 Å². The van der Waals surface area contributed by atoms with E-state index >= 15 is 0 Å². The van der Waals surface area contributed by atoms with E-state index in [4.69, 9.17) is 11.6 Å². The number of benzene rings is 1. The van der Waals surface area contributed by atoms with Crippen molar-refractivity contribution in [3.8, 4) is 0 Å². The Morgan fingerprint density at radius 2 is 1.88 bits per heavy atom. The topological polar surface area (TPSA) is 70.4 Å². The molecule has 1 aromatic carbocycles. The average Bonchev–Trinajstić information content (AvgIpc) is 3.11. The summed E-state index contributed by atoms with van der Waals surface area (Å²) in [6.45, 7) is 3.98. The van der Waals surface area contributed by atoms with Crippen LogP contribution in [0.4, 0.5) is 5.69 Å². The summed E-state index contributed by atoms with van der Waals surface area (Å²) in [5.41, 5.74) is 1.61. The van der Waals surface area contributed by atoms with Gasteiger partial charge >= 0.3 is 0 Å². The van der Waals surface area contributed by atoms with E-state index in [0.29, 0.717) is 23.9 Å². The van der Waals surface area contributed by atoms with Gasteiger partial charge in [0.25, 0.3) is 0 Å². The normalized spacial score (nSPS) is 11.2. The van der Waals surface area contributed by atoms with E-state index in [1.54, 1.807) is 13.1 Å². The molecule has 3 N–H and O–H groups in total. The fourth-order valence-corrected chi connectivity index (χ4v) is 2.47. The maximum atomic E-state index is 12.1. The zero-order chi connectivity index (χ0) is 18.1. The second-order valence-electron chi connectivity index (χ2n) is 5.56. The molecule has 0 aliphatic heterocycles.